The van der Waals surface area contributed by atoms with Crippen molar-refractivity contribution in [3.63, 3.8) is 0 Å². The molecule has 1 aromatic carbocycles. The summed E-state index contributed by atoms with van der Waals surface area (Å²) in [6, 6.07) is 6.95. The van der Waals surface area contributed by atoms with E-state index in [0.29, 0.717) is 17.9 Å². The molecule has 0 saturated heterocycles. The van der Waals surface area contributed by atoms with Crippen LogP contribution in [0.4, 0.5) is 0 Å². The number of benzene rings is 1. The second-order valence-corrected chi connectivity index (χ2v) is 8.25. The Balaban J connectivity index is 1.34. The molecule has 5 rings (SSSR count). The molecule has 4 fully saturated rings. The molecule has 4 aliphatic rings. The van der Waals surface area contributed by atoms with E-state index in [4.69, 9.17) is 9.47 Å². The number of rotatable bonds is 6. The third-order valence-electron chi connectivity index (χ3n) is 6.18. The molecule has 0 aromatic heterocycles. The second kappa shape index (κ2) is 6.93. The van der Waals surface area contributed by atoms with Crippen LogP contribution in [0.1, 0.15) is 55.8 Å². The number of hydrogen-bond donors (Lipinski definition) is 1. The Hall–Kier alpha value is -2.04. The fourth-order valence-electron chi connectivity index (χ4n) is 5.72. The second-order valence-electron chi connectivity index (χ2n) is 8.25. The van der Waals surface area contributed by atoms with Crippen molar-refractivity contribution in [1.82, 2.24) is 5.32 Å². The number of para-hydroxylation sites is 1. The summed E-state index contributed by atoms with van der Waals surface area (Å²) in [5, 5.41) is 3.22. The van der Waals surface area contributed by atoms with Gasteiger partial charge in [-0.05, 0) is 75.3 Å². The van der Waals surface area contributed by atoms with Crippen molar-refractivity contribution in [2.24, 2.45) is 17.8 Å². The van der Waals surface area contributed by atoms with Crippen LogP contribution in [-0.4, -0.2) is 30.6 Å². The van der Waals surface area contributed by atoms with E-state index in [1.165, 1.54) is 19.3 Å². The lowest BCUT2D eigenvalue weighted by molar-refractivity contribution is -0.130. The van der Waals surface area contributed by atoms with Crippen LogP contribution in [-0.2, 0) is 9.53 Å². The van der Waals surface area contributed by atoms with Gasteiger partial charge in [-0.1, -0.05) is 12.1 Å². The minimum Gasteiger partial charge on any atom is -0.493 e. The maximum atomic E-state index is 12.5. The third-order valence-corrected chi connectivity index (χ3v) is 6.18. The Morgan fingerprint density at radius 3 is 2.31 bits per heavy atom. The van der Waals surface area contributed by atoms with Gasteiger partial charge in [-0.15, -0.1) is 0 Å². The predicted octanol–water partition coefficient (Wildman–Crippen LogP) is 3.33. The molecule has 26 heavy (non-hydrogen) atoms. The number of amides is 1. The van der Waals surface area contributed by atoms with Crippen molar-refractivity contribution in [2.75, 3.05) is 13.2 Å². The summed E-state index contributed by atoms with van der Waals surface area (Å²) in [6.07, 6.45) is 7.26. The molecule has 1 aromatic rings. The SMILES string of the molecule is CCOc1ccccc1C(=O)OCC(=O)NC12CC3CC(CC(C3)C1)C2. The van der Waals surface area contributed by atoms with Gasteiger partial charge >= 0.3 is 5.97 Å². The van der Waals surface area contributed by atoms with Gasteiger partial charge < -0.3 is 14.8 Å². The lowest BCUT2D eigenvalue weighted by Gasteiger charge is -2.56. The van der Waals surface area contributed by atoms with Crippen molar-refractivity contribution in [2.45, 2.75) is 51.0 Å². The molecule has 0 radical (unpaired) electrons. The summed E-state index contributed by atoms with van der Waals surface area (Å²) in [5.74, 6) is 2.08. The lowest BCUT2D eigenvalue weighted by atomic mass is 9.53. The van der Waals surface area contributed by atoms with E-state index in [1.807, 2.05) is 13.0 Å². The smallest absolute Gasteiger partial charge is 0.342 e. The van der Waals surface area contributed by atoms with Gasteiger partial charge in [-0.2, -0.15) is 0 Å². The maximum Gasteiger partial charge on any atom is 0.342 e. The summed E-state index contributed by atoms with van der Waals surface area (Å²) in [4.78, 5) is 24.8. The third kappa shape index (κ3) is 3.44. The van der Waals surface area contributed by atoms with Gasteiger partial charge in [0, 0.05) is 5.54 Å². The van der Waals surface area contributed by atoms with Crippen LogP contribution < -0.4 is 10.1 Å². The van der Waals surface area contributed by atoms with Gasteiger partial charge in [0.15, 0.2) is 6.61 Å². The highest BCUT2D eigenvalue weighted by Gasteiger charge is 2.51. The highest BCUT2D eigenvalue weighted by molar-refractivity contribution is 5.94. The van der Waals surface area contributed by atoms with E-state index in [2.05, 4.69) is 5.32 Å². The Morgan fingerprint density at radius 2 is 1.69 bits per heavy atom. The van der Waals surface area contributed by atoms with E-state index >= 15 is 0 Å². The summed E-state index contributed by atoms with van der Waals surface area (Å²) in [5.41, 5.74) is 0.304. The number of carbonyl (C=O) groups is 2. The molecule has 5 nitrogen and oxygen atoms in total. The van der Waals surface area contributed by atoms with Crippen molar-refractivity contribution >= 4 is 11.9 Å². The molecule has 0 heterocycles. The molecule has 4 bridgehead atoms. The molecule has 140 valence electrons. The average molecular weight is 357 g/mol. The van der Waals surface area contributed by atoms with Crippen LogP contribution in [0.5, 0.6) is 5.75 Å². The minimum atomic E-state index is -0.519. The Morgan fingerprint density at radius 1 is 1.08 bits per heavy atom. The largest absolute Gasteiger partial charge is 0.493 e. The molecule has 5 heteroatoms. The quantitative estimate of drug-likeness (QED) is 0.793. The van der Waals surface area contributed by atoms with Crippen LogP contribution in [0, 0.1) is 17.8 Å². The van der Waals surface area contributed by atoms with Gasteiger partial charge in [0.1, 0.15) is 11.3 Å². The lowest BCUT2D eigenvalue weighted by Crippen LogP contribution is -2.60. The first-order chi connectivity index (χ1) is 12.6. The number of esters is 1. The first-order valence-corrected chi connectivity index (χ1v) is 9.77. The van der Waals surface area contributed by atoms with Crippen molar-refractivity contribution in [3.05, 3.63) is 29.8 Å². The molecule has 1 N–H and O–H groups in total. The van der Waals surface area contributed by atoms with Crippen LogP contribution in [0.3, 0.4) is 0 Å². The highest BCUT2D eigenvalue weighted by atomic mass is 16.5. The molecule has 4 aliphatic carbocycles. The zero-order chi connectivity index (χ0) is 18.1. The standard InChI is InChI=1S/C21H27NO4/c1-2-25-18-6-4-3-5-17(18)20(24)26-13-19(23)22-21-10-14-7-15(11-21)9-16(8-14)12-21/h3-6,14-16H,2,7-13H2,1H3,(H,22,23). The van der Waals surface area contributed by atoms with E-state index in [9.17, 15) is 9.59 Å². The highest BCUT2D eigenvalue weighted by Crippen LogP contribution is 2.55. The fourth-order valence-corrected chi connectivity index (χ4v) is 5.72. The van der Waals surface area contributed by atoms with Crippen LogP contribution >= 0.6 is 0 Å². The molecule has 4 saturated carbocycles. The molecule has 0 spiro atoms. The van der Waals surface area contributed by atoms with Crippen molar-refractivity contribution in [3.8, 4) is 5.75 Å². The number of ether oxygens (including phenoxy) is 2. The van der Waals surface area contributed by atoms with E-state index < -0.39 is 5.97 Å². The number of nitrogens with one attached hydrogen (secondary N) is 1. The van der Waals surface area contributed by atoms with Gasteiger partial charge in [-0.25, -0.2) is 4.79 Å². The Labute approximate surface area is 154 Å². The number of carbonyl (C=O) groups excluding carboxylic acids is 2. The summed E-state index contributed by atoms with van der Waals surface area (Å²) >= 11 is 0. The van der Waals surface area contributed by atoms with Gasteiger partial charge in [0.05, 0.1) is 6.61 Å². The Kier molecular flexibility index (Phi) is 4.63. The van der Waals surface area contributed by atoms with Crippen LogP contribution in [0.2, 0.25) is 0 Å². The Bertz CT molecular complexity index is 664. The van der Waals surface area contributed by atoms with E-state index in [1.54, 1.807) is 18.2 Å². The molecule has 1 amide bonds. The first kappa shape index (κ1) is 17.4. The first-order valence-electron chi connectivity index (χ1n) is 9.77. The molecular formula is C21H27NO4. The topological polar surface area (TPSA) is 64.6 Å². The van der Waals surface area contributed by atoms with Gasteiger partial charge in [0.25, 0.3) is 5.91 Å². The van der Waals surface area contributed by atoms with Crippen molar-refractivity contribution < 1.29 is 19.1 Å². The predicted molar refractivity (Wildman–Crippen MR) is 96.9 cm³/mol. The summed E-state index contributed by atoms with van der Waals surface area (Å²) in [6.45, 7) is 2.10. The number of hydrogen-bond acceptors (Lipinski definition) is 4. The normalized spacial score (nSPS) is 31.5. The molecule has 0 unspecified atom stereocenters. The van der Waals surface area contributed by atoms with Gasteiger partial charge in [0.2, 0.25) is 0 Å². The molecule has 0 aliphatic heterocycles. The van der Waals surface area contributed by atoms with Crippen LogP contribution in [0.25, 0.3) is 0 Å². The van der Waals surface area contributed by atoms with Crippen molar-refractivity contribution in [1.29, 1.82) is 0 Å². The fraction of sp³-hybridized carbons (Fsp3) is 0.619. The molecule has 0 atom stereocenters. The zero-order valence-electron chi connectivity index (χ0n) is 15.3. The van der Waals surface area contributed by atoms with E-state index in [0.717, 1.165) is 37.0 Å². The maximum absolute atomic E-state index is 12.5. The summed E-state index contributed by atoms with van der Waals surface area (Å²) < 4.78 is 10.7. The average Bonchev–Trinajstić information content (AvgIpc) is 2.59. The van der Waals surface area contributed by atoms with E-state index in [-0.39, 0.29) is 18.1 Å². The van der Waals surface area contributed by atoms with Gasteiger partial charge in [-0.3, -0.25) is 4.79 Å². The minimum absolute atomic E-state index is 0.0541. The monoisotopic (exact) mass is 357 g/mol. The van der Waals surface area contributed by atoms with Crippen LogP contribution in [0.15, 0.2) is 24.3 Å². The molecular weight excluding hydrogens is 330 g/mol. The zero-order valence-corrected chi connectivity index (χ0v) is 15.3. The summed E-state index contributed by atoms with van der Waals surface area (Å²) in [7, 11) is 0.